The zero-order valence-corrected chi connectivity index (χ0v) is 16.4. The van der Waals surface area contributed by atoms with E-state index in [0.717, 1.165) is 17.3 Å². The van der Waals surface area contributed by atoms with E-state index in [1.807, 2.05) is 36.4 Å². The van der Waals surface area contributed by atoms with Crippen LogP contribution in [0.5, 0.6) is 0 Å². The Labute approximate surface area is 176 Å². The number of nitro groups is 1. The summed E-state index contributed by atoms with van der Waals surface area (Å²) in [5, 5.41) is 23.9. The lowest BCUT2D eigenvalue weighted by molar-refractivity contribution is -0.387. The predicted molar refractivity (Wildman–Crippen MR) is 111 cm³/mol. The first-order valence-corrected chi connectivity index (χ1v) is 9.55. The fraction of sp³-hybridized carbons (Fsp3) is 0.0476. The van der Waals surface area contributed by atoms with Crippen LogP contribution in [0.25, 0.3) is 6.08 Å². The molecule has 148 valence electrons. The molecule has 1 aromatic heterocycles. The second-order valence-electron chi connectivity index (χ2n) is 5.96. The summed E-state index contributed by atoms with van der Waals surface area (Å²) in [6.45, 7) is 0.269. The summed E-state index contributed by atoms with van der Waals surface area (Å²) in [6.07, 6.45) is 4.41. The van der Waals surface area contributed by atoms with Crippen LogP contribution >= 0.6 is 11.8 Å². The average Bonchev–Trinajstić information content (AvgIpc) is 2.78. The predicted octanol–water partition coefficient (Wildman–Crippen LogP) is 3.76. The maximum Gasteiger partial charge on any atom is 0.283 e. The minimum Gasteiger partial charge on any atom is -0.347 e. The fourth-order valence-electron chi connectivity index (χ4n) is 2.48. The van der Waals surface area contributed by atoms with Gasteiger partial charge in [-0.1, -0.05) is 36.4 Å². The van der Waals surface area contributed by atoms with Crippen LogP contribution in [0.3, 0.4) is 0 Å². The molecule has 30 heavy (non-hydrogen) atoms. The van der Waals surface area contributed by atoms with E-state index in [-0.39, 0.29) is 17.8 Å². The molecule has 1 amide bonds. The molecule has 0 saturated heterocycles. The summed E-state index contributed by atoms with van der Waals surface area (Å²) in [6, 6.07) is 17.2. The molecule has 0 radical (unpaired) electrons. The summed E-state index contributed by atoms with van der Waals surface area (Å²) < 4.78 is 0. The number of nitrogens with zero attached hydrogens (tertiary/aromatic N) is 4. The van der Waals surface area contributed by atoms with E-state index in [1.54, 1.807) is 30.6 Å². The summed E-state index contributed by atoms with van der Waals surface area (Å²) >= 11 is 1.06. The highest BCUT2D eigenvalue weighted by Crippen LogP contribution is 2.33. The molecule has 0 aliphatic carbocycles. The number of nitriles is 1. The topological polar surface area (TPSA) is 122 Å². The molecule has 0 spiro atoms. The van der Waals surface area contributed by atoms with Gasteiger partial charge in [0.2, 0.25) is 0 Å². The molecule has 0 unspecified atom stereocenters. The van der Waals surface area contributed by atoms with E-state index >= 15 is 0 Å². The van der Waals surface area contributed by atoms with Gasteiger partial charge in [-0.3, -0.25) is 14.9 Å². The molecular weight excluding hydrogens is 402 g/mol. The maximum atomic E-state index is 12.3. The number of nitro benzene ring substituents is 1. The number of hydrogen-bond donors (Lipinski definition) is 1. The Bertz CT molecular complexity index is 1130. The Morgan fingerprint density at radius 1 is 1.17 bits per heavy atom. The second-order valence-corrected chi connectivity index (χ2v) is 6.96. The zero-order valence-electron chi connectivity index (χ0n) is 15.6. The third kappa shape index (κ3) is 5.50. The van der Waals surface area contributed by atoms with Gasteiger partial charge in [0, 0.05) is 25.0 Å². The van der Waals surface area contributed by atoms with Crippen LogP contribution in [0.15, 0.2) is 82.6 Å². The van der Waals surface area contributed by atoms with Crippen LogP contribution in [0, 0.1) is 21.4 Å². The third-order valence-electron chi connectivity index (χ3n) is 3.89. The van der Waals surface area contributed by atoms with Gasteiger partial charge in [0.25, 0.3) is 11.6 Å². The van der Waals surface area contributed by atoms with Crippen molar-refractivity contribution in [3.05, 3.63) is 93.8 Å². The average molecular weight is 417 g/mol. The van der Waals surface area contributed by atoms with Crippen LogP contribution in [0.1, 0.15) is 11.1 Å². The van der Waals surface area contributed by atoms with Crippen molar-refractivity contribution >= 4 is 29.4 Å². The molecule has 1 N–H and O–H groups in total. The van der Waals surface area contributed by atoms with E-state index in [9.17, 15) is 20.2 Å². The number of carbonyl (C=O) groups is 1. The van der Waals surface area contributed by atoms with Crippen molar-refractivity contribution in [3.8, 4) is 6.07 Å². The monoisotopic (exact) mass is 417 g/mol. The summed E-state index contributed by atoms with van der Waals surface area (Å²) in [5.74, 6) is -0.555. The van der Waals surface area contributed by atoms with Gasteiger partial charge in [-0.25, -0.2) is 9.97 Å². The number of nitrogens with one attached hydrogen (secondary N) is 1. The molecule has 0 aliphatic heterocycles. The van der Waals surface area contributed by atoms with Crippen molar-refractivity contribution in [3.63, 3.8) is 0 Å². The minimum atomic E-state index is -0.555. The molecule has 3 aromatic rings. The molecule has 9 heteroatoms. The molecule has 1 heterocycles. The summed E-state index contributed by atoms with van der Waals surface area (Å²) in [4.78, 5) is 31.8. The molecular formula is C21H15N5O3S. The minimum absolute atomic E-state index is 0.146. The van der Waals surface area contributed by atoms with Gasteiger partial charge < -0.3 is 5.32 Å². The molecule has 0 bridgehead atoms. The summed E-state index contributed by atoms with van der Waals surface area (Å²) in [5.41, 5.74) is 0.949. The van der Waals surface area contributed by atoms with E-state index < -0.39 is 10.8 Å². The largest absolute Gasteiger partial charge is 0.347 e. The highest BCUT2D eigenvalue weighted by Gasteiger charge is 2.17. The van der Waals surface area contributed by atoms with Gasteiger partial charge in [-0.2, -0.15) is 5.26 Å². The zero-order chi connectivity index (χ0) is 21.3. The highest BCUT2D eigenvalue weighted by molar-refractivity contribution is 7.99. The van der Waals surface area contributed by atoms with Gasteiger partial charge in [0.15, 0.2) is 5.16 Å². The van der Waals surface area contributed by atoms with Gasteiger partial charge in [0.1, 0.15) is 11.6 Å². The van der Waals surface area contributed by atoms with Crippen molar-refractivity contribution in [2.24, 2.45) is 0 Å². The van der Waals surface area contributed by atoms with Crippen LogP contribution in [-0.2, 0) is 11.3 Å². The normalized spacial score (nSPS) is 10.8. The number of aromatic nitrogens is 2. The lowest BCUT2D eigenvalue weighted by Gasteiger charge is -2.05. The Hall–Kier alpha value is -4.03. The number of amides is 1. The molecule has 2 aromatic carbocycles. The number of hydrogen-bond acceptors (Lipinski definition) is 7. The number of carbonyl (C=O) groups excluding carboxylic acids is 1. The van der Waals surface area contributed by atoms with E-state index in [1.165, 1.54) is 12.1 Å². The standard InChI is InChI=1S/C21H15N5O3S/c22-13-17(20(27)25-14-15-5-2-1-3-6-15)11-16-7-8-19(18(12-16)26(28)29)30-21-23-9-4-10-24-21/h1-12H,14H2,(H,25,27)/b17-11-. The maximum absolute atomic E-state index is 12.3. The molecule has 8 nitrogen and oxygen atoms in total. The Morgan fingerprint density at radius 2 is 1.90 bits per heavy atom. The SMILES string of the molecule is N#C/C(=C/c1ccc(Sc2ncccn2)c([N+](=O)[O-])c1)C(=O)NCc1ccccc1. The first-order valence-electron chi connectivity index (χ1n) is 8.74. The Balaban J connectivity index is 1.80. The lowest BCUT2D eigenvalue weighted by Crippen LogP contribution is -2.23. The van der Waals surface area contributed by atoms with Crippen LogP contribution in [0.2, 0.25) is 0 Å². The quantitative estimate of drug-likeness (QED) is 0.204. The molecule has 3 rings (SSSR count). The number of benzene rings is 2. The van der Waals surface area contributed by atoms with E-state index in [2.05, 4.69) is 15.3 Å². The van der Waals surface area contributed by atoms with Gasteiger partial charge in [-0.05, 0) is 41.1 Å². The van der Waals surface area contributed by atoms with Crippen molar-refractivity contribution in [2.75, 3.05) is 0 Å². The Kier molecular flexibility index (Phi) is 6.87. The summed E-state index contributed by atoms with van der Waals surface area (Å²) in [7, 11) is 0. The third-order valence-corrected chi connectivity index (χ3v) is 4.85. The van der Waals surface area contributed by atoms with Crippen LogP contribution in [0.4, 0.5) is 5.69 Å². The van der Waals surface area contributed by atoms with Gasteiger partial charge in [-0.15, -0.1) is 0 Å². The highest BCUT2D eigenvalue weighted by atomic mass is 32.2. The van der Waals surface area contributed by atoms with Crippen molar-refractivity contribution < 1.29 is 9.72 Å². The first kappa shape index (κ1) is 20.7. The second kappa shape index (κ2) is 9.95. The smallest absolute Gasteiger partial charge is 0.283 e. The van der Waals surface area contributed by atoms with E-state index in [4.69, 9.17) is 0 Å². The van der Waals surface area contributed by atoms with Gasteiger partial charge >= 0.3 is 0 Å². The molecule has 0 aliphatic rings. The van der Waals surface area contributed by atoms with Crippen LogP contribution < -0.4 is 5.32 Å². The van der Waals surface area contributed by atoms with Gasteiger partial charge in [0.05, 0.1) is 9.82 Å². The van der Waals surface area contributed by atoms with Crippen molar-refractivity contribution in [1.82, 2.24) is 15.3 Å². The molecule has 0 atom stereocenters. The van der Waals surface area contributed by atoms with E-state index in [0.29, 0.717) is 15.6 Å². The van der Waals surface area contributed by atoms with Crippen LogP contribution in [-0.4, -0.2) is 20.8 Å². The molecule has 0 saturated carbocycles. The van der Waals surface area contributed by atoms with Crippen molar-refractivity contribution in [2.45, 2.75) is 16.6 Å². The first-order chi connectivity index (χ1) is 14.6. The van der Waals surface area contributed by atoms with Crippen molar-refractivity contribution in [1.29, 1.82) is 5.26 Å². The fourth-order valence-corrected chi connectivity index (χ4v) is 3.28. The lowest BCUT2D eigenvalue weighted by atomic mass is 10.1. The molecule has 0 fully saturated rings. The Morgan fingerprint density at radius 3 is 2.57 bits per heavy atom. The number of rotatable bonds is 7.